The first-order chi connectivity index (χ1) is 12.2. The van der Waals surface area contributed by atoms with Crippen LogP contribution in [-0.2, 0) is 0 Å². The van der Waals surface area contributed by atoms with Crippen LogP contribution < -0.4 is 0 Å². The summed E-state index contributed by atoms with van der Waals surface area (Å²) in [4.78, 5) is 6.08. The van der Waals surface area contributed by atoms with Gasteiger partial charge in [-0.25, -0.2) is 0 Å². The number of halogens is 1. The Morgan fingerprint density at radius 1 is 0.960 bits per heavy atom. The minimum absolute atomic E-state index is 0.0973. The van der Waals surface area contributed by atoms with Gasteiger partial charge >= 0.3 is 0 Å². The van der Waals surface area contributed by atoms with E-state index in [1.807, 2.05) is 42.5 Å². The van der Waals surface area contributed by atoms with Crippen LogP contribution in [-0.4, -0.2) is 10.8 Å². The molecule has 3 aromatic rings. The minimum Gasteiger partial charge on any atom is -0.508 e. The van der Waals surface area contributed by atoms with Gasteiger partial charge in [-0.05, 0) is 35.9 Å². The number of rotatable bonds is 2. The van der Waals surface area contributed by atoms with Gasteiger partial charge in [0.1, 0.15) is 5.75 Å². The highest BCUT2D eigenvalue weighted by Crippen LogP contribution is 2.47. The van der Waals surface area contributed by atoms with Crippen molar-refractivity contribution < 1.29 is 5.11 Å². The second kappa shape index (κ2) is 7.06. The number of para-hydroxylation sites is 1. The fourth-order valence-corrected chi connectivity index (χ4v) is 4.61. The Hall–Kier alpha value is -2.04. The summed E-state index contributed by atoms with van der Waals surface area (Å²) in [6.07, 6.45) is 0.757. The van der Waals surface area contributed by atoms with Crippen molar-refractivity contribution in [3.8, 4) is 5.75 Å². The number of thioether (sulfide) groups is 1. The molecule has 4 heteroatoms. The highest BCUT2D eigenvalue weighted by atomic mass is 79.9. The predicted octanol–water partition coefficient (Wildman–Crippen LogP) is 6.51. The van der Waals surface area contributed by atoms with E-state index in [1.54, 1.807) is 17.8 Å². The van der Waals surface area contributed by atoms with Crippen molar-refractivity contribution in [1.29, 1.82) is 0 Å². The molecule has 2 nitrogen and oxygen atoms in total. The second-order valence-electron chi connectivity index (χ2n) is 5.91. The van der Waals surface area contributed by atoms with Gasteiger partial charge < -0.3 is 5.11 Å². The monoisotopic (exact) mass is 409 g/mol. The largest absolute Gasteiger partial charge is 0.508 e. The summed E-state index contributed by atoms with van der Waals surface area (Å²) in [5.74, 6) is 0.326. The highest BCUT2D eigenvalue weighted by Gasteiger charge is 2.24. The fraction of sp³-hybridized carbons (Fsp3) is 0.0952. The molecule has 1 aliphatic heterocycles. The Morgan fingerprint density at radius 2 is 1.72 bits per heavy atom. The number of phenolic OH excluding ortho intramolecular Hbond substituents is 1. The first kappa shape index (κ1) is 16.4. The van der Waals surface area contributed by atoms with Crippen molar-refractivity contribution in [1.82, 2.24) is 0 Å². The van der Waals surface area contributed by atoms with Gasteiger partial charge in [-0.15, -0.1) is 11.8 Å². The summed E-state index contributed by atoms with van der Waals surface area (Å²) < 4.78 is 0.969. The average molecular weight is 410 g/mol. The molecule has 25 heavy (non-hydrogen) atoms. The molecular formula is C21H16BrNOS. The lowest BCUT2D eigenvalue weighted by Crippen LogP contribution is -2.05. The Kier molecular flexibility index (Phi) is 4.64. The second-order valence-corrected chi connectivity index (χ2v) is 8.07. The number of aromatic hydroxyl groups is 1. The lowest BCUT2D eigenvalue weighted by molar-refractivity contribution is 0.468. The van der Waals surface area contributed by atoms with E-state index in [2.05, 4.69) is 40.2 Å². The third kappa shape index (κ3) is 3.51. The summed E-state index contributed by atoms with van der Waals surface area (Å²) in [6.45, 7) is 0. The van der Waals surface area contributed by atoms with Crippen molar-refractivity contribution in [3.63, 3.8) is 0 Å². The third-order valence-corrected chi connectivity index (χ3v) is 6.01. The summed E-state index contributed by atoms with van der Waals surface area (Å²) >= 11 is 5.28. The zero-order chi connectivity index (χ0) is 17.2. The molecule has 124 valence electrons. The maximum atomic E-state index is 10.4. The zero-order valence-electron chi connectivity index (χ0n) is 13.4. The topological polar surface area (TPSA) is 32.6 Å². The molecule has 0 saturated heterocycles. The van der Waals surface area contributed by atoms with Gasteiger partial charge in [-0.3, -0.25) is 4.99 Å². The summed E-state index contributed by atoms with van der Waals surface area (Å²) in [5, 5.41) is 10.5. The van der Waals surface area contributed by atoms with Gasteiger partial charge in [0.2, 0.25) is 0 Å². The molecule has 0 saturated carbocycles. The van der Waals surface area contributed by atoms with E-state index in [-0.39, 0.29) is 5.25 Å². The molecule has 0 aliphatic carbocycles. The van der Waals surface area contributed by atoms with Gasteiger partial charge in [0, 0.05) is 32.3 Å². The number of fused-ring (bicyclic) bond motifs is 1. The van der Waals surface area contributed by atoms with Crippen LogP contribution in [0.5, 0.6) is 5.75 Å². The van der Waals surface area contributed by atoms with Crippen molar-refractivity contribution in [3.05, 3.63) is 88.4 Å². The van der Waals surface area contributed by atoms with Gasteiger partial charge in [0.05, 0.1) is 5.69 Å². The summed E-state index contributed by atoms with van der Waals surface area (Å²) in [7, 11) is 0. The van der Waals surface area contributed by atoms with Crippen molar-refractivity contribution in [2.24, 2.45) is 4.99 Å². The fourth-order valence-electron chi connectivity index (χ4n) is 2.98. The lowest BCUT2D eigenvalue weighted by atomic mass is 10.0. The van der Waals surface area contributed by atoms with Crippen LogP contribution in [0.15, 0.2) is 87.2 Å². The maximum absolute atomic E-state index is 10.4. The molecule has 0 amide bonds. The van der Waals surface area contributed by atoms with Gasteiger partial charge in [-0.2, -0.15) is 0 Å². The molecule has 0 spiro atoms. The number of aliphatic imine (C=N–C) groups is 1. The highest BCUT2D eigenvalue weighted by molar-refractivity contribution is 9.10. The normalized spacial score (nSPS) is 16.7. The molecule has 1 atom stereocenters. The van der Waals surface area contributed by atoms with Crippen molar-refractivity contribution >= 4 is 39.1 Å². The SMILES string of the molecule is Oc1ccc(Br)cc1C1CC(c2ccccc2)=Nc2ccccc2S1. The van der Waals surface area contributed by atoms with Crippen LogP contribution in [0.4, 0.5) is 5.69 Å². The van der Waals surface area contributed by atoms with E-state index < -0.39 is 0 Å². The molecular weight excluding hydrogens is 394 g/mol. The number of nitrogens with zero attached hydrogens (tertiary/aromatic N) is 1. The van der Waals surface area contributed by atoms with Crippen molar-refractivity contribution in [2.75, 3.05) is 0 Å². The van der Waals surface area contributed by atoms with Crippen LogP contribution in [0.1, 0.15) is 22.8 Å². The quantitative estimate of drug-likeness (QED) is 0.522. The van der Waals surface area contributed by atoms with Crippen LogP contribution in [0.25, 0.3) is 0 Å². The molecule has 0 fully saturated rings. The molecule has 1 aliphatic rings. The first-order valence-corrected chi connectivity index (χ1v) is 9.75. The van der Waals surface area contributed by atoms with Gasteiger partial charge in [-0.1, -0.05) is 58.4 Å². The van der Waals surface area contributed by atoms with E-state index in [0.29, 0.717) is 5.75 Å². The van der Waals surface area contributed by atoms with E-state index in [0.717, 1.165) is 38.3 Å². The van der Waals surface area contributed by atoms with E-state index in [1.165, 1.54) is 0 Å². The molecule has 1 heterocycles. The lowest BCUT2D eigenvalue weighted by Gasteiger charge is -2.17. The Morgan fingerprint density at radius 3 is 2.56 bits per heavy atom. The minimum atomic E-state index is 0.0973. The van der Waals surface area contributed by atoms with Crippen LogP contribution in [0.3, 0.4) is 0 Å². The van der Waals surface area contributed by atoms with Crippen LogP contribution in [0.2, 0.25) is 0 Å². The standard InChI is InChI=1S/C21H16BrNOS/c22-15-10-11-19(24)16(12-15)21-13-18(14-6-2-1-3-7-14)23-17-8-4-5-9-20(17)25-21/h1-12,21,24H,13H2. The smallest absolute Gasteiger partial charge is 0.119 e. The molecule has 1 N–H and O–H groups in total. The number of phenols is 1. The first-order valence-electron chi connectivity index (χ1n) is 8.08. The molecule has 1 unspecified atom stereocenters. The summed E-state index contributed by atoms with van der Waals surface area (Å²) in [6, 6.07) is 24.1. The van der Waals surface area contributed by atoms with Crippen LogP contribution >= 0.6 is 27.7 Å². The van der Waals surface area contributed by atoms with E-state index >= 15 is 0 Å². The molecule has 4 rings (SSSR count). The van der Waals surface area contributed by atoms with Crippen molar-refractivity contribution in [2.45, 2.75) is 16.6 Å². The molecule has 0 aromatic heterocycles. The molecule has 3 aromatic carbocycles. The third-order valence-electron chi connectivity index (χ3n) is 4.21. The van der Waals surface area contributed by atoms with Crippen LogP contribution in [0, 0.1) is 0 Å². The molecule has 0 radical (unpaired) electrons. The molecule has 0 bridgehead atoms. The Labute approximate surface area is 159 Å². The number of hydrogen-bond donors (Lipinski definition) is 1. The average Bonchev–Trinajstić information content (AvgIpc) is 2.84. The Bertz CT molecular complexity index is 940. The van der Waals surface area contributed by atoms with Gasteiger partial charge in [0.25, 0.3) is 0 Å². The number of hydrogen-bond acceptors (Lipinski definition) is 3. The summed E-state index contributed by atoms with van der Waals surface area (Å²) in [5.41, 5.74) is 4.09. The Balaban J connectivity index is 1.83. The maximum Gasteiger partial charge on any atom is 0.119 e. The number of benzene rings is 3. The van der Waals surface area contributed by atoms with Gasteiger partial charge in [0.15, 0.2) is 0 Å². The van der Waals surface area contributed by atoms with E-state index in [4.69, 9.17) is 4.99 Å². The van der Waals surface area contributed by atoms with E-state index in [9.17, 15) is 5.11 Å². The predicted molar refractivity (Wildman–Crippen MR) is 108 cm³/mol. The zero-order valence-corrected chi connectivity index (χ0v) is 15.8.